The average Bonchev–Trinajstić information content (AvgIpc) is 2.45. The minimum absolute atomic E-state index is 0.437. The van der Waals surface area contributed by atoms with Gasteiger partial charge in [0.2, 0.25) is 0 Å². The van der Waals surface area contributed by atoms with Crippen LogP contribution in [0.5, 0.6) is 0 Å². The zero-order valence-corrected chi connectivity index (χ0v) is 9.96. The molecule has 1 atom stereocenters. The Morgan fingerprint density at radius 3 is 2.73 bits per heavy atom. The first-order chi connectivity index (χ1) is 7.10. The van der Waals surface area contributed by atoms with Crippen LogP contribution in [0.4, 0.5) is 0 Å². The minimum atomic E-state index is -0.437. The number of aryl methyl sites for hydroxylation is 2. The molecule has 3 N–H and O–H groups in total. The molecule has 0 fully saturated rings. The molecule has 1 aromatic rings. The summed E-state index contributed by atoms with van der Waals surface area (Å²) in [5, 5.41) is 14.6. The molecule has 0 aliphatic rings. The van der Waals surface area contributed by atoms with Crippen LogP contribution in [0.2, 0.25) is 5.02 Å². The average molecular weight is 232 g/mol. The SMILES string of the molecule is CCc1nn(C)c(CC(O)CCN)c1Cl. The maximum atomic E-state index is 9.65. The summed E-state index contributed by atoms with van der Waals surface area (Å²) >= 11 is 6.15. The van der Waals surface area contributed by atoms with Crippen molar-refractivity contribution in [2.75, 3.05) is 6.54 Å². The number of hydrogen-bond donors (Lipinski definition) is 2. The first kappa shape index (κ1) is 12.5. The van der Waals surface area contributed by atoms with Crippen LogP contribution in [-0.4, -0.2) is 27.5 Å². The van der Waals surface area contributed by atoms with Gasteiger partial charge in [-0.05, 0) is 19.4 Å². The smallest absolute Gasteiger partial charge is 0.0850 e. The number of halogens is 1. The molecule has 0 saturated heterocycles. The van der Waals surface area contributed by atoms with E-state index in [0.29, 0.717) is 24.4 Å². The van der Waals surface area contributed by atoms with E-state index in [-0.39, 0.29) is 0 Å². The third kappa shape index (κ3) is 2.93. The van der Waals surface area contributed by atoms with Gasteiger partial charge in [-0.1, -0.05) is 18.5 Å². The third-order valence-corrected chi connectivity index (χ3v) is 2.87. The molecule has 1 unspecified atom stereocenters. The van der Waals surface area contributed by atoms with Crippen LogP contribution in [0.3, 0.4) is 0 Å². The van der Waals surface area contributed by atoms with Gasteiger partial charge in [0.15, 0.2) is 0 Å². The Bertz CT molecular complexity index is 325. The van der Waals surface area contributed by atoms with Crippen molar-refractivity contribution in [2.24, 2.45) is 12.8 Å². The number of hydrogen-bond acceptors (Lipinski definition) is 3. The number of aromatic nitrogens is 2. The zero-order chi connectivity index (χ0) is 11.4. The highest BCUT2D eigenvalue weighted by atomic mass is 35.5. The second-order valence-electron chi connectivity index (χ2n) is 3.62. The molecular formula is C10H18ClN3O. The van der Waals surface area contributed by atoms with Gasteiger partial charge in [-0.15, -0.1) is 0 Å². The number of rotatable bonds is 5. The first-order valence-corrected chi connectivity index (χ1v) is 5.56. The van der Waals surface area contributed by atoms with E-state index in [4.69, 9.17) is 17.3 Å². The molecule has 1 heterocycles. The molecule has 0 aromatic carbocycles. The molecule has 0 spiro atoms. The largest absolute Gasteiger partial charge is 0.393 e. The zero-order valence-electron chi connectivity index (χ0n) is 9.20. The van der Waals surface area contributed by atoms with E-state index in [9.17, 15) is 5.11 Å². The molecule has 4 nitrogen and oxygen atoms in total. The van der Waals surface area contributed by atoms with Crippen molar-refractivity contribution in [3.63, 3.8) is 0 Å². The van der Waals surface area contributed by atoms with Crippen LogP contribution in [0.1, 0.15) is 24.7 Å². The maximum Gasteiger partial charge on any atom is 0.0850 e. The lowest BCUT2D eigenvalue weighted by Gasteiger charge is -2.09. The summed E-state index contributed by atoms with van der Waals surface area (Å²) in [7, 11) is 1.84. The number of aliphatic hydroxyl groups is 1. The lowest BCUT2D eigenvalue weighted by Crippen LogP contribution is -2.17. The summed E-state index contributed by atoms with van der Waals surface area (Å²) in [5.74, 6) is 0. The van der Waals surface area contributed by atoms with Gasteiger partial charge in [-0.3, -0.25) is 4.68 Å². The van der Waals surface area contributed by atoms with Gasteiger partial charge in [0.25, 0.3) is 0 Å². The molecule has 0 aliphatic heterocycles. The fraction of sp³-hybridized carbons (Fsp3) is 0.700. The van der Waals surface area contributed by atoms with E-state index in [0.717, 1.165) is 17.8 Å². The van der Waals surface area contributed by atoms with Crippen molar-refractivity contribution in [2.45, 2.75) is 32.3 Å². The van der Waals surface area contributed by atoms with Crippen LogP contribution in [0.25, 0.3) is 0 Å². The normalized spacial score (nSPS) is 13.1. The quantitative estimate of drug-likeness (QED) is 0.791. The Morgan fingerprint density at radius 2 is 2.27 bits per heavy atom. The summed E-state index contributed by atoms with van der Waals surface area (Å²) in [6.07, 6.45) is 1.47. The Morgan fingerprint density at radius 1 is 1.60 bits per heavy atom. The van der Waals surface area contributed by atoms with Crippen LogP contribution < -0.4 is 5.73 Å². The first-order valence-electron chi connectivity index (χ1n) is 5.18. The molecule has 0 saturated carbocycles. The van der Waals surface area contributed by atoms with Gasteiger partial charge >= 0.3 is 0 Å². The van der Waals surface area contributed by atoms with E-state index < -0.39 is 6.10 Å². The molecule has 1 aromatic heterocycles. The Kier molecular flexibility index (Phi) is 4.57. The lowest BCUT2D eigenvalue weighted by atomic mass is 10.1. The highest BCUT2D eigenvalue weighted by Crippen LogP contribution is 2.22. The van der Waals surface area contributed by atoms with Gasteiger partial charge in [0.1, 0.15) is 0 Å². The molecule has 5 heteroatoms. The van der Waals surface area contributed by atoms with Crippen LogP contribution in [0, 0.1) is 0 Å². The molecule has 0 bridgehead atoms. The summed E-state index contributed by atoms with van der Waals surface area (Å²) < 4.78 is 1.74. The second kappa shape index (κ2) is 5.49. The van der Waals surface area contributed by atoms with E-state index >= 15 is 0 Å². The molecule has 0 radical (unpaired) electrons. The van der Waals surface area contributed by atoms with E-state index in [2.05, 4.69) is 5.10 Å². The predicted molar refractivity (Wildman–Crippen MR) is 61.0 cm³/mol. The number of nitrogens with zero attached hydrogens (tertiary/aromatic N) is 2. The van der Waals surface area contributed by atoms with E-state index in [1.54, 1.807) is 4.68 Å². The molecule has 0 aliphatic carbocycles. The molecule has 86 valence electrons. The van der Waals surface area contributed by atoms with Gasteiger partial charge in [-0.25, -0.2) is 0 Å². The van der Waals surface area contributed by atoms with E-state index in [1.807, 2.05) is 14.0 Å². The van der Waals surface area contributed by atoms with Gasteiger partial charge < -0.3 is 10.8 Å². The molecule has 15 heavy (non-hydrogen) atoms. The Hall–Kier alpha value is -0.580. The standard InChI is InChI=1S/C10H18ClN3O/c1-3-8-10(11)9(14(2)13-8)6-7(15)4-5-12/h7,15H,3-6,12H2,1-2H3. The Balaban J connectivity index is 2.80. The maximum absolute atomic E-state index is 9.65. The summed E-state index contributed by atoms with van der Waals surface area (Å²) in [6, 6.07) is 0. The molecular weight excluding hydrogens is 214 g/mol. The molecule has 1 rings (SSSR count). The van der Waals surface area contributed by atoms with Crippen LogP contribution in [-0.2, 0) is 19.9 Å². The van der Waals surface area contributed by atoms with Gasteiger partial charge in [0.05, 0.1) is 22.5 Å². The van der Waals surface area contributed by atoms with Gasteiger partial charge in [0, 0.05) is 13.5 Å². The highest BCUT2D eigenvalue weighted by molar-refractivity contribution is 6.31. The van der Waals surface area contributed by atoms with Crippen molar-refractivity contribution >= 4 is 11.6 Å². The molecule has 0 amide bonds. The fourth-order valence-corrected chi connectivity index (χ4v) is 1.93. The van der Waals surface area contributed by atoms with Crippen LogP contribution in [0.15, 0.2) is 0 Å². The van der Waals surface area contributed by atoms with Crippen LogP contribution >= 0.6 is 11.6 Å². The third-order valence-electron chi connectivity index (χ3n) is 2.43. The van der Waals surface area contributed by atoms with Crippen molar-refractivity contribution in [3.8, 4) is 0 Å². The number of nitrogens with two attached hydrogens (primary N) is 1. The minimum Gasteiger partial charge on any atom is -0.393 e. The second-order valence-corrected chi connectivity index (χ2v) is 4.00. The topological polar surface area (TPSA) is 64.1 Å². The van der Waals surface area contributed by atoms with Crippen molar-refractivity contribution in [1.29, 1.82) is 0 Å². The van der Waals surface area contributed by atoms with Crippen molar-refractivity contribution < 1.29 is 5.11 Å². The summed E-state index contributed by atoms with van der Waals surface area (Å²) in [5.41, 5.74) is 7.14. The van der Waals surface area contributed by atoms with Gasteiger partial charge in [-0.2, -0.15) is 5.10 Å². The lowest BCUT2D eigenvalue weighted by molar-refractivity contribution is 0.165. The summed E-state index contributed by atoms with van der Waals surface area (Å²) in [6.45, 7) is 2.49. The fourth-order valence-electron chi connectivity index (χ4n) is 1.56. The number of aliphatic hydroxyl groups excluding tert-OH is 1. The summed E-state index contributed by atoms with van der Waals surface area (Å²) in [4.78, 5) is 0. The van der Waals surface area contributed by atoms with E-state index in [1.165, 1.54) is 0 Å². The predicted octanol–water partition coefficient (Wildman–Crippen LogP) is 0.888. The van der Waals surface area contributed by atoms with Crippen molar-refractivity contribution in [1.82, 2.24) is 9.78 Å². The monoisotopic (exact) mass is 231 g/mol. The highest BCUT2D eigenvalue weighted by Gasteiger charge is 2.15. The van der Waals surface area contributed by atoms with Crippen molar-refractivity contribution in [3.05, 3.63) is 16.4 Å². The Labute approximate surface area is 95.0 Å².